The van der Waals surface area contributed by atoms with Crippen LogP contribution >= 0.6 is 0 Å². The quantitative estimate of drug-likeness (QED) is 0.639. The fourth-order valence-corrected chi connectivity index (χ4v) is 2.65. The zero-order chi connectivity index (χ0) is 14.5. The van der Waals surface area contributed by atoms with Crippen LogP contribution in [0.4, 0.5) is 11.4 Å². The van der Waals surface area contributed by atoms with Gasteiger partial charge in [0.1, 0.15) is 0 Å². The van der Waals surface area contributed by atoms with Crippen LogP contribution in [0, 0.1) is 0 Å². The van der Waals surface area contributed by atoms with Gasteiger partial charge < -0.3 is 20.5 Å². The average molecular weight is 278 g/mol. The minimum absolute atomic E-state index is 0.195. The first-order chi connectivity index (χ1) is 9.67. The zero-order valence-corrected chi connectivity index (χ0v) is 12.0. The number of nitrogens with two attached hydrogens (primary N) is 1. The lowest BCUT2D eigenvalue weighted by molar-refractivity contribution is 0.0527. The third-order valence-corrected chi connectivity index (χ3v) is 3.70. The number of anilines is 2. The Morgan fingerprint density at radius 3 is 2.95 bits per heavy atom. The second-order valence-electron chi connectivity index (χ2n) is 4.94. The molecular formula is C15H22N2O3. The highest BCUT2D eigenvalue weighted by molar-refractivity contribution is 5.98. The molecule has 0 heterocycles. The molecule has 1 saturated carbocycles. The van der Waals surface area contributed by atoms with E-state index >= 15 is 0 Å². The van der Waals surface area contributed by atoms with Gasteiger partial charge in [0.05, 0.1) is 35.7 Å². The molecule has 0 aromatic heterocycles. The van der Waals surface area contributed by atoms with Gasteiger partial charge in [-0.1, -0.05) is 6.07 Å². The van der Waals surface area contributed by atoms with Crippen molar-refractivity contribution < 1.29 is 14.3 Å². The van der Waals surface area contributed by atoms with E-state index < -0.39 is 0 Å². The van der Waals surface area contributed by atoms with Crippen molar-refractivity contribution in [3.05, 3.63) is 23.8 Å². The highest BCUT2D eigenvalue weighted by Crippen LogP contribution is 2.29. The molecule has 0 bridgehead atoms. The summed E-state index contributed by atoms with van der Waals surface area (Å²) in [4.78, 5) is 11.8. The minimum Gasteiger partial charge on any atom is -0.462 e. The van der Waals surface area contributed by atoms with E-state index in [2.05, 4.69) is 5.32 Å². The summed E-state index contributed by atoms with van der Waals surface area (Å²) in [6.45, 7) is 2.11. The van der Waals surface area contributed by atoms with E-state index in [9.17, 15) is 4.79 Å². The van der Waals surface area contributed by atoms with Crippen LogP contribution < -0.4 is 11.1 Å². The maximum atomic E-state index is 11.8. The van der Waals surface area contributed by atoms with Gasteiger partial charge in [0.15, 0.2) is 0 Å². The van der Waals surface area contributed by atoms with E-state index in [0.717, 1.165) is 24.9 Å². The maximum Gasteiger partial charge on any atom is 0.340 e. The van der Waals surface area contributed by atoms with Crippen molar-refractivity contribution in [1.29, 1.82) is 0 Å². The van der Waals surface area contributed by atoms with Gasteiger partial charge in [-0.25, -0.2) is 4.79 Å². The van der Waals surface area contributed by atoms with Crippen LogP contribution in [0.2, 0.25) is 0 Å². The van der Waals surface area contributed by atoms with Crippen molar-refractivity contribution in [1.82, 2.24) is 0 Å². The number of para-hydroxylation sites is 1. The highest BCUT2D eigenvalue weighted by atomic mass is 16.5. The summed E-state index contributed by atoms with van der Waals surface area (Å²) in [5.41, 5.74) is 7.69. The topological polar surface area (TPSA) is 73.6 Å². The van der Waals surface area contributed by atoms with Gasteiger partial charge in [-0.15, -0.1) is 0 Å². The Balaban J connectivity index is 2.16. The molecule has 1 fully saturated rings. The summed E-state index contributed by atoms with van der Waals surface area (Å²) >= 11 is 0. The zero-order valence-electron chi connectivity index (χ0n) is 12.0. The summed E-state index contributed by atoms with van der Waals surface area (Å²) in [5, 5.41) is 3.39. The molecule has 0 spiro atoms. The van der Waals surface area contributed by atoms with E-state index in [1.165, 1.54) is 0 Å². The summed E-state index contributed by atoms with van der Waals surface area (Å²) in [5.74, 6) is -0.386. The van der Waals surface area contributed by atoms with Crippen molar-refractivity contribution >= 4 is 17.3 Å². The molecule has 3 N–H and O–H groups in total. The fraction of sp³-hybridized carbons (Fsp3) is 0.533. The lowest BCUT2D eigenvalue weighted by Crippen LogP contribution is -2.30. The summed E-state index contributed by atoms with van der Waals surface area (Å²) in [6, 6.07) is 5.60. The molecule has 0 radical (unpaired) electrons. The molecule has 1 aromatic carbocycles. The number of hydrogen-bond donors (Lipinski definition) is 2. The molecule has 1 aliphatic rings. The Hall–Kier alpha value is -1.75. The van der Waals surface area contributed by atoms with Gasteiger partial charge in [0.25, 0.3) is 0 Å². The molecule has 20 heavy (non-hydrogen) atoms. The number of benzene rings is 1. The number of nitrogen functional groups attached to an aromatic ring is 1. The molecule has 5 nitrogen and oxygen atoms in total. The molecule has 2 unspecified atom stereocenters. The van der Waals surface area contributed by atoms with Gasteiger partial charge in [-0.3, -0.25) is 0 Å². The number of methoxy groups -OCH3 is 1. The highest BCUT2D eigenvalue weighted by Gasteiger charge is 2.27. The van der Waals surface area contributed by atoms with Crippen LogP contribution in [0.25, 0.3) is 0 Å². The third-order valence-electron chi connectivity index (χ3n) is 3.70. The standard InChI is InChI=1S/C15H22N2O3/c1-3-20-15(18)10-6-4-8-12(14(10)16)17-11-7-5-9-13(11)19-2/h4,6,8,11,13,17H,3,5,7,9,16H2,1-2H3. The predicted molar refractivity (Wildman–Crippen MR) is 78.9 cm³/mol. The Labute approximate surface area is 119 Å². The lowest BCUT2D eigenvalue weighted by Gasteiger charge is -2.22. The van der Waals surface area contributed by atoms with E-state index in [1.54, 1.807) is 20.1 Å². The molecular weight excluding hydrogens is 256 g/mol. The SMILES string of the molecule is CCOC(=O)c1cccc(NC2CCCC2OC)c1N. The number of hydrogen-bond acceptors (Lipinski definition) is 5. The molecule has 1 aromatic rings. The molecule has 1 aliphatic carbocycles. The summed E-state index contributed by atoms with van der Waals surface area (Å²) in [7, 11) is 1.73. The number of carbonyl (C=O) groups is 1. The largest absolute Gasteiger partial charge is 0.462 e. The smallest absolute Gasteiger partial charge is 0.340 e. The van der Waals surface area contributed by atoms with E-state index in [4.69, 9.17) is 15.2 Å². The first kappa shape index (κ1) is 14.7. The number of esters is 1. The van der Waals surface area contributed by atoms with Crippen molar-refractivity contribution in [3.63, 3.8) is 0 Å². The molecule has 0 aliphatic heterocycles. The number of carbonyl (C=O) groups excluding carboxylic acids is 1. The molecule has 0 saturated heterocycles. The van der Waals surface area contributed by atoms with Gasteiger partial charge in [0, 0.05) is 7.11 Å². The van der Waals surface area contributed by atoms with E-state index in [-0.39, 0.29) is 18.1 Å². The first-order valence-electron chi connectivity index (χ1n) is 7.02. The second kappa shape index (κ2) is 6.61. The number of ether oxygens (including phenoxy) is 2. The van der Waals surface area contributed by atoms with Crippen LogP contribution in [0.5, 0.6) is 0 Å². The van der Waals surface area contributed by atoms with Crippen molar-refractivity contribution in [2.45, 2.75) is 38.3 Å². The van der Waals surface area contributed by atoms with Crippen molar-refractivity contribution in [2.24, 2.45) is 0 Å². The van der Waals surface area contributed by atoms with Crippen molar-refractivity contribution in [3.8, 4) is 0 Å². The monoisotopic (exact) mass is 278 g/mol. The van der Waals surface area contributed by atoms with Gasteiger partial charge in [-0.2, -0.15) is 0 Å². The van der Waals surface area contributed by atoms with Gasteiger partial charge in [0.2, 0.25) is 0 Å². The average Bonchev–Trinajstić information content (AvgIpc) is 2.88. The minimum atomic E-state index is -0.386. The van der Waals surface area contributed by atoms with Crippen LogP contribution in [0.15, 0.2) is 18.2 Å². The van der Waals surface area contributed by atoms with E-state index in [0.29, 0.717) is 17.9 Å². The fourth-order valence-electron chi connectivity index (χ4n) is 2.65. The maximum absolute atomic E-state index is 11.8. The Morgan fingerprint density at radius 1 is 1.45 bits per heavy atom. The first-order valence-corrected chi connectivity index (χ1v) is 7.02. The summed E-state index contributed by atoms with van der Waals surface area (Å²) < 4.78 is 10.5. The Kier molecular flexibility index (Phi) is 4.84. The van der Waals surface area contributed by atoms with Crippen LogP contribution in [0.1, 0.15) is 36.5 Å². The molecule has 0 amide bonds. The molecule has 2 atom stereocenters. The molecule has 5 heteroatoms. The third kappa shape index (κ3) is 3.04. The van der Waals surface area contributed by atoms with Crippen LogP contribution in [0.3, 0.4) is 0 Å². The van der Waals surface area contributed by atoms with Crippen molar-refractivity contribution in [2.75, 3.05) is 24.8 Å². The summed E-state index contributed by atoms with van der Waals surface area (Å²) in [6.07, 6.45) is 3.42. The van der Waals surface area contributed by atoms with E-state index in [1.807, 2.05) is 12.1 Å². The normalized spacial score (nSPS) is 21.7. The van der Waals surface area contributed by atoms with Crippen LogP contribution in [-0.4, -0.2) is 31.8 Å². The Bertz CT molecular complexity index is 476. The Morgan fingerprint density at radius 2 is 2.25 bits per heavy atom. The van der Waals surface area contributed by atoms with Gasteiger partial charge in [-0.05, 0) is 38.3 Å². The molecule has 2 rings (SSSR count). The lowest BCUT2D eigenvalue weighted by atomic mass is 10.1. The van der Waals surface area contributed by atoms with Crippen LogP contribution in [-0.2, 0) is 9.47 Å². The molecule has 110 valence electrons. The second-order valence-corrected chi connectivity index (χ2v) is 4.94. The predicted octanol–water partition coefficient (Wildman–Crippen LogP) is 2.42. The van der Waals surface area contributed by atoms with Gasteiger partial charge >= 0.3 is 5.97 Å². The number of nitrogens with one attached hydrogen (secondary N) is 1. The number of rotatable bonds is 5.